The minimum absolute atomic E-state index is 0.0198. The first kappa shape index (κ1) is 17.9. The number of anilines is 1. The number of hydrogen-bond donors (Lipinski definition) is 0. The van der Waals surface area contributed by atoms with Gasteiger partial charge in [0.15, 0.2) is 12.4 Å². The number of ketones is 1. The Morgan fingerprint density at radius 1 is 1.14 bits per heavy atom. The van der Waals surface area contributed by atoms with Crippen LogP contribution in [0.4, 0.5) is 5.69 Å². The molecule has 142 valence electrons. The number of allylic oxidation sites excluding steroid dienone is 1. The predicted octanol–water partition coefficient (Wildman–Crippen LogP) is 2.92. The largest absolute Gasteiger partial charge is 0.485 e. The summed E-state index contributed by atoms with van der Waals surface area (Å²) in [5, 5.41) is 11.1. The molecule has 28 heavy (non-hydrogen) atoms. The third-order valence-electron chi connectivity index (χ3n) is 5.07. The third-order valence-corrected chi connectivity index (χ3v) is 5.07. The lowest BCUT2D eigenvalue weighted by atomic mass is 9.83. The summed E-state index contributed by atoms with van der Waals surface area (Å²) in [7, 11) is 1.99. The van der Waals surface area contributed by atoms with Crippen molar-refractivity contribution in [2.45, 2.75) is 19.3 Å². The molecule has 1 aliphatic heterocycles. The van der Waals surface area contributed by atoms with Crippen LogP contribution in [0, 0.1) is 0 Å². The molecular formula is C21H21N5O2. The van der Waals surface area contributed by atoms with Gasteiger partial charge in [-0.05, 0) is 46.3 Å². The number of aromatic nitrogens is 4. The third kappa shape index (κ3) is 3.15. The summed E-state index contributed by atoms with van der Waals surface area (Å²) in [6.45, 7) is 4.24. The predicted molar refractivity (Wildman–Crippen MR) is 106 cm³/mol. The standard InChI is InChI=1S/C21H21N5O2/c1-21(2)18-6-4-5-7-19(18)25(3)20(21)12-16(27)13-28-17-10-8-15(9-11-17)26-14-22-23-24-26/h4-12,14H,13H2,1-3H3. The van der Waals surface area contributed by atoms with Crippen LogP contribution in [0.3, 0.4) is 0 Å². The van der Waals surface area contributed by atoms with Gasteiger partial charge in [0.2, 0.25) is 0 Å². The van der Waals surface area contributed by atoms with Gasteiger partial charge in [0, 0.05) is 29.9 Å². The minimum atomic E-state index is -0.228. The molecule has 0 aliphatic carbocycles. The van der Waals surface area contributed by atoms with Crippen molar-refractivity contribution < 1.29 is 9.53 Å². The molecule has 1 aromatic heterocycles. The van der Waals surface area contributed by atoms with Crippen LogP contribution in [-0.2, 0) is 10.2 Å². The molecule has 0 radical (unpaired) electrons. The molecule has 0 bridgehead atoms. The molecule has 0 unspecified atom stereocenters. The van der Waals surface area contributed by atoms with E-state index in [1.54, 1.807) is 22.9 Å². The van der Waals surface area contributed by atoms with Crippen molar-refractivity contribution in [3.63, 3.8) is 0 Å². The number of nitrogens with zero attached hydrogens (tertiary/aromatic N) is 5. The van der Waals surface area contributed by atoms with E-state index >= 15 is 0 Å². The number of benzene rings is 2. The second kappa shape index (κ2) is 6.92. The van der Waals surface area contributed by atoms with Crippen molar-refractivity contribution in [2.24, 2.45) is 0 Å². The molecule has 2 aromatic carbocycles. The number of carbonyl (C=O) groups is 1. The van der Waals surface area contributed by atoms with Gasteiger partial charge < -0.3 is 9.64 Å². The molecule has 0 saturated carbocycles. The van der Waals surface area contributed by atoms with Crippen LogP contribution in [0.15, 0.2) is 66.6 Å². The van der Waals surface area contributed by atoms with Crippen molar-refractivity contribution in [1.29, 1.82) is 0 Å². The molecule has 2 heterocycles. The van der Waals surface area contributed by atoms with Gasteiger partial charge in [-0.1, -0.05) is 32.0 Å². The maximum absolute atomic E-state index is 12.6. The Morgan fingerprint density at radius 2 is 1.89 bits per heavy atom. The quantitative estimate of drug-likeness (QED) is 0.639. The molecule has 0 atom stereocenters. The van der Waals surface area contributed by atoms with Crippen LogP contribution in [0.2, 0.25) is 0 Å². The fourth-order valence-electron chi connectivity index (χ4n) is 3.58. The summed E-state index contributed by atoms with van der Waals surface area (Å²) < 4.78 is 7.21. The van der Waals surface area contributed by atoms with Crippen LogP contribution in [0.5, 0.6) is 5.75 Å². The van der Waals surface area contributed by atoms with Crippen molar-refractivity contribution in [2.75, 3.05) is 18.6 Å². The first-order chi connectivity index (χ1) is 13.5. The highest BCUT2D eigenvalue weighted by atomic mass is 16.5. The number of likely N-dealkylation sites (N-methyl/N-ethyl adjacent to an activating group) is 1. The van der Waals surface area contributed by atoms with Gasteiger partial charge in [-0.3, -0.25) is 4.79 Å². The lowest BCUT2D eigenvalue weighted by Crippen LogP contribution is -2.25. The Kier molecular flexibility index (Phi) is 4.43. The van der Waals surface area contributed by atoms with E-state index in [0.717, 1.165) is 17.1 Å². The summed E-state index contributed by atoms with van der Waals surface area (Å²) in [6, 6.07) is 15.5. The summed E-state index contributed by atoms with van der Waals surface area (Å²) in [6.07, 6.45) is 3.21. The Balaban J connectivity index is 1.45. The molecule has 3 aromatic rings. The van der Waals surface area contributed by atoms with Gasteiger partial charge in [0.25, 0.3) is 0 Å². The average molecular weight is 375 g/mol. The second-order valence-electron chi connectivity index (χ2n) is 7.23. The molecule has 0 spiro atoms. The van der Waals surface area contributed by atoms with E-state index in [-0.39, 0.29) is 17.8 Å². The lowest BCUT2D eigenvalue weighted by molar-refractivity contribution is -0.116. The molecule has 0 N–H and O–H groups in total. The summed E-state index contributed by atoms with van der Waals surface area (Å²) in [5.74, 6) is 0.540. The molecule has 0 amide bonds. The first-order valence-electron chi connectivity index (χ1n) is 9.01. The van der Waals surface area contributed by atoms with Crippen LogP contribution in [0.25, 0.3) is 5.69 Å². The van der Waals surface area contributed by atoms with E-state index in [9.17, 15) is 4.79 Å². The van der Waals surface area contributed by atoms with Crippen LogP contribution >= 0.6 is 0 Å². The normalized spacial score (nSPS) is 16.2. The van der Waals surface area contributed by atoms with E-state index < -0.39 is 0 Å². The van der Waals surface area contributed by atoms with Gasteiger partial charge in [0.1, 0.15) is 12.1 Å². The van der Waals surface area contributed by atoms with Crippen LogP contribution in [-0.4, -0.2) is 39.6 Å². The summed E-state index contributed by atoms with van der Waals surface area (Å²) in [5.41, 5.74) is 3.91. The lowest BCUT2D eigenvalue weighted by Gasteiger charge is -2.23. The van der Waals surface area contributed by atoms with Gasteiger partial charge in [-0.25, -0.2) is 4.68 Å². The number of para-hydroxylation sites is 1. The molecule has 7 heteroatoms. The highest BCUT2D eigenvalue weighted by Crippen LogP contribution is 2.46. The molecule has 0 saturated heterocycles. The van der Waals surface area contributed by atoms with Gasteiger partial charge in [-0.2, -0.15) is 0 Å². The second-order valence-corrected chi connectivity index (χ2v) is 7.23. The zero-order chi connectivity index (χ0) is 19.7. The number of hydrogen-bond acceptors (Lipinski definition) is 6. The monoisotopic (exact) mass is 375 g/mol. The highest BCUT2D eigenvalue weighted by Gasteiger charge is 2.38. The smallest absolute Gasteiger partial charge is 0.194 e. The molecule has 1 aliphatic rings. The number of rotatable bonds is 5. The molecule has 7 nitrogen and oxygen atoms in total. The van der Waals surface area contributed by atoms with Crippen molar-refractivity contribution in [3.05, 3.63) is 72.2 Å². The highest BCUT2D eigenvalue weighted by molar-refractivity contribution is 5.93. The summed E-state index contributed by atoms with van der Waals surface area (Å²) in [4.78, 5) is 14.6. The average Bonchev–Trinajstić information content (AvgIpc) is 3.30. The molecular weight excluding hydrogens is 354 g/mol. The number of ether oxygens (including phenoxy) is 1. The van der Waals surface area contributed by atoms with E-state index in [0.29, 0.717) is 5.75 Å². The van der Waals surface area contributed by atoms with Gasteiger partial charge >= 0.3 is 0 Å². The molecule has 4 rings (SSSR count). The SMILES string of the molecule is CN1C(=CC(=O)COc2ccc(-n3cnnn3)cc2)C(C)(C)c2ccccc21. The van der Waals surface area contributed by atoms with Crippen molar-refractivity contribution in [3.8, 4) is 11.4 Å². The van der Waals surface area contributed by atoms with Gasteiger partial charge in [0.05, 0.1) is 5.69 Å². The van der Waals surface area contributed by atoms with E-state index in [4.69, 9.17) is 4.74 Å². The molecule has 0 fully saturated rings. The number of fused-ring (bicyclic) bond motifs is 1. The zero-order valence-corrected chi connectivity index (χ0v) is 16.0. The van der Waals surface area contributed by atoms with E-state index in [2.05, 4.69) is 46.4 Å². The number of carbonyl (C=O) groups excluding carboxylic acids is 1. The Morgan fingerprint density at radius 3 is 2.57 bits per heavy atom. The maximum atomic E-state index is 12.6. The van der Waals surface area contributed by atoms with Crippen molar-refractivity contribution >= 4 is 11.5 Å². The van der Waals surface area contributed by atoms with E-state index in [1.807, 2.05) is 31.3 Å². The van der Waals surface area contributed by atoms with Crippen LogP contribution < -0.4 is 9.64 Å². The minimum Gasteiger partial charge on any atom is -0.485 e. The van der Waals surface area contributed by atoms with Crippen LogP contribution in [0.1, 0.15) is 19.4 Å². The number of tetrazole rings is 1. The fourth-order valence-corrected chi connectivity index (χ4v) is 3.58. The Bertz CT molecular complexity index is 1020. The summed E-state index contributed by atoms with van der Waals surface area (Å²) >= 11 is 0. The topological polar surface area (TPSA) is 73.1 Å². The maximum Gasteiger partial charge on any atom is 0.194 e. The Hall–Kier alpha value is -3.48. The zero-order valence-electron chi connectivity index (χ0n) is 16.0. The van der Waals surface area contributed by atoms with E-state index in [1.165, 1.54) is 11.9 Å². The van der Waals surface area contributed by atoms with Crippen molar-refractivity contribution in [1.82, 2.24) is 20.2 Å². The van der Waals surface area contributed by atoms with Gasteiger partial charge in [-0.15, -0.1) is 5.10 Å². The first-order valence-corrected chi connectivity index (χ1v) is 9.01. The Labute approximate surface area is 163 Å². The fraction of sp³-hybridized carbons (Fsp3) is 0.238.